The van der Waals surface area contributed by atoms with Gasteiger partial charge >= 0.3 is 0 Å². The molecule has 2 unspecified atom stereocenters. The summed E-state index contributed by atoms with van der Waals surface area (Å²) in [5.74, 6) is 0. The Morgan fingerprint density at radius 2 is 1.73 bits per heavy atom. The Labute approximate surface area is 132 Å². The Hall–Kier alpha value is -2.01. The van der Waals surface area contributed by atoms with E-state index >= 15 is 0 Å². The largest absolute Gasteiger partial charge is 0.257 e. The molecule has 0 bridgehead atoms. The summed E-state index contributed by atoms with van der Waals surface area (Å²) in [7, 11) is -1.03. The van der Waals surface area contributed by atoms with Crippen molar-refractivity contribution in [1.82, 2.24) is 15.0 Å². The number of hydrogen-bond acceptors (Lipinski definition) is 3. The number of fused-ring (bicyclic) bond motifs is 1. The highest BCUT2D eigenvalue weighted by molar-refractivity contribution is 7.85. The molecule has 5 heteroatoms. The van der Waals surface area contributed by atoms with E-state index in [1.165, 1.54) is 0 Å². The number of nitrogens with zero attached hydrogens (tertiary/aromatic N) is 3. The van der Waals surface area contributed by atoms with Crippen molar-refractivity contribution in [3.8, 4) is 0 Å². The Bertz CT molecular complexity index is 783. The van der Waals surface area contributed by atoms with Gasteiger partial charge in [0.05, 0.1) is 5.52 Å². The summed E-state index contributed by atoms with van der Waals surface area (Å²) in [6.45, 7) is 3.96. The minimum Gasteiger partial charge on any atom is -0.257 e. The maximum Gasteiger partial charge on any atom is 0.133 e. The first-order chi connectivity index (χ1) is 10.7. The average Bonchev–Trinajstić information content (AvgIpc) is 2.97. The molecule has 0 saturated heterocycles. The van der Waals surface area contributed by atoms with Crippen molar-refractivity contribution in [3.63, 3.8) is 0 Å². The van der Waals surface area contributed by atoms with Gasteiger partial charge in [-0.05, 0) is 17.7 Å². The third kappa shape index (κ3) is 2.95. The van der Waals surface area contributed by atoms with Crippen molar-refractivity contribution in [1.29, 1.82) is 0 Å². The van der Waals surface area contributed by atoms with Crippen molar-refractivity contribution in [2.75, 3.05) is 0 Å². The second kappa shape index (κ2) is 6.40. The minimum absolute atomic E-state index is 0.0664. The van der Waals surface area contributed by atoms with E-state index in [4.69, 9.17) is 0 Å². The van der Waals surface area contributed by atoms with Gasteiger partial charge in [0, 0.05) is 22.5 Å². The molecule has 22 heavy (non-hydrogen) atoms. The van der Waals surface area contributed by atoms with Gasteiger partial charge in [-0.25, -0.2) is 4.68 Å². The summed E-state index contributed by atoms with van der Waals surface area (Å²) in [6, 6.07) is 17.9. The van der Waals surface area contributed by atoms with Crippen LogP contribution in [0.1, 0.15) is 24.8 Å². The van der Waals surface area contributed by atoms with Crippen LogP contribution in [0.3, 0.4) is 0 Å². The van der Waals surface area contributed by atoms with Crippen LogP contribution in [0.4, 0.5) is 0 Å². The van der Waals surface area contributed by atoms with E-state index in [-0.39, 0.29) is 10.6 Å². The molecule has 3 rings (SSSR count). The van der Waals surface area contributed by atoms with E-state index in [1.807, 2.05) is 61.0 Å². The molecule has 114 valence electrons. The van der Waals surface area contributed by atoms with Gasteiger partial charge in [-0.3, -0.25) is 4.21 Å². The predicted octanol–water partition coefficient (Wildman–Crippen LogP) is 3.33. The van der Waals surface area contributed by atoms with Gasteiger partial charge in [0.1, 0.15) is 10.9 Å². The Morgan fingerprint density at radius 1 is 1.05 bits per heavy atom. The second-order valence-corrected chi connectivity index (χ2v) is 7.69. The predicted molar refractivity (Wildman–Crippen MR) is 90.0 cm³/mol. The quantitative estimate of drug-likeness (QED) is 0.726. The van der Waals surface area contributed by atoms with Gasteiger partial charge in [-0.15, -0.1) is 5.10 Å². The van der Waals surface area contributed by atoms with Crippen LogP contribution in [0, 0.1) is 0 Å². The summed E-state index contributed by atoms with van der Waals surface area (Å²) in [5.41, 5.74) is 2.92. The van der Waals surface area contributed by atoms with Crippen LogP contribution in [0.2, 0.25) is 0 Å². The standard InChI is InChI=1S/C17H19N3OS/c1-13(2)22(21)17(12-14-8-4-3-5-9-14)20-16-11-7-6-10-15(16)18-19-20/h3-11,13,17H,12H2,1-2H3. The van der Waals surface area contributed by atoms with Crippen molar-refractivity contribution >= 4 is 21.8 Å². The molecular weight excluding hydrogens is 294 g/mol. The van der Waals surface area contributed by atoms with Crippen molar-refractivity contribution < 1.29 is 4.21 Å². The van der Waals surface area contributed by atoms with Crippen molar-refractivity contribution in [2.24, 2.45) is 0 Å². The molecule has 0 aliphatic heterocycles. The van der Waals surface area contributed by atoms with E-state index < -0.39 is 10.8 Å². The molecule has 4 nitrogen and oxygen atoms in total. The number of benzene rings is 2. The monoisotopic (exact) mass is 313 g/mol. The Kier molecular flexibility index (Phi) is 4.34. The molecule has 1 aromatic heterocycles. The fourth-order valence-corrected chi connectivity index (χ4v) is 3.83. The molecule has 0 N–H and O–H groups in total. The smallest absolute Gasteiger partial charge is 0.133 e. The molecule has 0 amide bonds. The van der Waals surface area contributed by atoms with Gasteiger partial charge in [0.15, 0.2) is 0 Å². The number of aromatic nitrogens is 3. The molecule has 0 fully saturated rings. The number of hydrogen-bond donors (Lipinski definition) is 0. The van der Waals surface area contributed by atoms with Crippen LogP contribution >= 0.6 is 0 Å². The molecule has 3 aromatic rings. The Balaban J connectivity index is 2.03. The first-order valence-corrected chi connectivity index (χ1v) is 8.67. The van der Waals surface area contributed by atoms with Crippen LogP contribution in [0.5, 0.6) is 0 Å². The van der Waals surface area contributed by atoms with Crippen LogP contribution in [-0.2, 0) is 17.2 Å². The first-order valence-electron chi connectivity index (χ1n) is 7.40. The molecule has 0 spiro atoms. The van der Waals surface area contributed by atoms with Gasteiger partial charge in [0.2, 0.25) is 0 Å². The third-order valence-electron chi connectivity index (χ3n) is 3.64. The molecule has 0 aliphatic rings. The lowest BCUT2D eigenvalue weighted by Crippen LogP contribution is -2.24. The van der Waals surface area contributed by atoms with Crippen LogP contribution in [0.25, 0.3) is 11.0 Å². The van der Waals surface area contributed by atoms with Crippen LogP contribution < -0.4 is 0 Å². The summed E-state index contributed by atoms with van der Waals surface area (Å²) < 4.78 is 14.6. The average molecular weight is 313 g/mol. The van der Waals surface area contributed by atoms with E-state index in [0.717, 1.165) is 16.6 Å². The molecule has 0 aliphatic carbocycles. The summed E-state index contributed by atoms with van der Waals surface area (Å²) in [6.07, 6.45) is 0.680. The van der Waals surface area contributed by atoms with Crippen LogP contribution in [-0.4, -0.2) is 24.5 Å². The van der Waals surface area contributed by atoms with Gasteiger partial charge in [0.25, 0.3) is 0 Å². The molecule has 2 aromatic carbocycles. The van der Waals surface area contributed by atoms with Crippen LogP contribution in [0.15, 0.2) is 54.6 Å². The zero-order chi connectivity index (χ0) is 15.5. The zero-order valence-corrected chi connectivity index (χ0v) is 13.5. The lowest BCUT2D eigenvalue weighted by atomic mass is 10.1. The summed E-state index contributed by atoms with van der Waals surface area (Å²) >= 11 is 0. The first kappa shape index (κ1) is 14.9. The lowest BCUT2D eigenvalue weighted by molar-refractivity contribution is 0.558. The third-order valence-corrected chi connectivity index (χ3v) is 5.47. The molecule has 2 atom stereocenters. The highest BCUT2D eigenvalue weighted by atomic mass is 32.2. The highest BCUT2D eigenvalue weighted by Crippen LogP contribution is 2.24. The van der Waals surface area contributed by atoms with E-state index in [9.17, 15) is 4.21 Å². The SMILES string of the molecule is CC(C)S(=O)C(Cc1ccccc1)n1nnc2ccccc21. The fourth-order valence-electron chi connectivity index (χ4n) is 2.50. The fraction of sp³-hybridized carbons (Fsp3) is 0.294. The number of rotatable bonds is 5. The molecule has 0 saturated carbocycles. The normalized spacial score (nSPS) is 14.3. The maximum atomic E-state index is 12.8. The molecule has 1 heterocycles. The second-order valence-electron chi connectivity index (χ2n) is 5.54. The van der Waals surface area contributed by atoms with Gasteiger partial charge < -0.3 is 0 Å². The molecular formula is C17H19N3OS. The van der Waals surface area contributed by atoms with E-state index in [0.29, 0.717) is 6.42 Å². The summed E-state index contributed by atoms with van der Waals surface area (Å²) in [4.78, 5) is 0. The lowest BCUT2D eigenvalue weighted by Gasteiger charge is -2.19. The van der Waals surface area contributed by atoms with E-state index in [1.54, 1.807) is 0 Å². The molecule has 0 radical (unpaired) electrons. The van der Waals surface area contributed by atoms with E-state index in [2.05, 4.69) is 22.4 Å². The maximum absolute atomic E-state index is 12.8. The van der Waals surface area contributed by atoms with Crippen molar-refractivity contribution in [2.45, 2.75) is 30.9 Å². The summed E-state index contributed by atoms with van der Waals surface area (Å²) in [5, 5.41) is 8.32. The Morgan fingerprint density at radius 3 is 2.45 bits per heavy atom. The highest BCUT2D eigenvalue weighted by Gasteiger charge is 2.24. The minimum atomic E-state index is -1.03. The van der Waals surface area contributed by atoms with Gasteiger partial charge in [-0.2, -0.15) is 0 Å². The number of para-hydroxylation sites is 1. The topological polar surface area (TPSA) is 47.8 Å². The van der Waals surface area contributed by atoms with Crippen molar-refractivity contribution in [3.05, 3.63) is 60.2 Å². The zero-order valence-electron chi connectivity index (χ0n) is 12.7. The van der Waals surface area contributed by atoms with Gasteiger partial charge in [-0.1, -0.05) is 61.5 Å².